The molecule has 100 valence electrons. The number of ether oxygens (including phenoxy) is 1. The number of nitrogens with zero attached hydrogens (tertiary/aromatic N) is 1. The quantitative estimate of drug-likeness (QED) is 0.934. The highest BCUT2D eigenvalue weighted by Gasteiger charge is 2.40. The third-order valence-electron chi connectivity index (χ3n) is 3.26. The first-order valence-corrected chi connectivity index (χ1v) is 6.90. The van der Waals surface area contributed by atoms with Crippen molar-refractivity contribution in [1.29, 1.82) is 0 Å². The van der Waals surface area contributed by atoms with Crippen molar-refractivity contribution in [3.05, 3.63) is 29.0 Å². The normalized spacial score (nSPS) is 22.8. The van der Waals surface area contributed by atoms with E-state index in [1.165, 1.54) is 11.3 Å². The zero-order valence-electron chi connectivity index (χ0n) is 10.4. The van der Waals surface area contributed by atoms with Crippen LogP contribution in [-0.4, -0.2) is 22.7 Å². The summed E-state index contributed by atoms with van der Waals surface area (Å²) in [5, 5.41) is 11.2. The first-order valence-electron chi connectivity index (χ1n) is 6.02. The lowest BCUT2D eigenvalue weighted by atomic mass is 9.98. The molecule has 1 aliphatic heterocycles. The molecule has 0 aliphatic carbocycles. The smallest absolute Gasteiger partial charge is 0.358 e. The Labute approximate surface area is 113 Å². The Balaban J connectivity index is 2.10. The largest absolute Gasteiger partial charge is 0.476 e. The molecular formula is C13H13NO4S. The molecule has 5 nitrogen and oxygen atoms in total. The highest BCUT2D eigenvalue weighted by atomic mass is 32.1. The van der Waals surface area contributed by atoms with Crippen LogP contribution in [0.2, 0.25) is 0 Å². The summed E-state index contributed by atoms with van der Waals surface area (Å²) < 4.78 is 11.4. The number of aromatic nitrogens is 1. The van der Waals surface area contributed by atoms with E-state index in [4.69, 9.17) is 9.15 Å². The van der Waals surface area contributed by atoms with E-state index >= 15 is 0 Å². The Hall–Kier alpha value is -1.66. The molecule has 2 aromatic rings. The first-order chi connectivity index (χ1) is 9.10. The fourth-order valence-corrected chi connectivity index (χ4v) is 2.94. The number of rotatable bonds is 3. The maximum Gasteiger partial charge on any atom is 0.358 e. The molecule has 3 rings (SSSR count). The van der Waals surface area contributed by atoms with Crippen molar-refractivity contribution >= 4 is 17.3 Å². The Morgan fingerprint density at radius 1 is 1.58 bits per heavy atom. The molecule has 0 spiro atoms. The lowest BCUT2D eigenvalue weighted by Crippen LogP contribution is -2.22. The highest BCUT2D eigenvalue weighted by Crippen LogP contribution is 2.39. The van der Waals surface area contributed by atoms with Crippen molar-refractivity contribution in [2.45, 2.75) is 25.4 Å². The monoisotopic (exact) mass is 279 g/mol. The van der Waals surface area contributed by atoms with Gasteiger partial charge in [-0.25, -0.2) is 9.78 Å². The van der Waals surface area contributed by atoms with Crippen LogP contribution in [0.15, 0.2) is 21.9 Å². The fourth-order valence-electron chi connectivity index (χ4n) is 2.29. The van der Waals surface area contributed by atoms with E-state index < -0.39 is 11.6 Å². The molecule has 1 atom stereocenters. The van der Waals surface area contributed by atoms with Crippen LogP contribution in [0.25, 0.3) is 10.8 Å². The summed E-state index contributed by atoms with van der Waals surface area (Å²) in [6.45, 7) is 2.47. The lowest BCUT2D eigenvalue weighted by molar-refractivity contribution is -0.00186. The average molecular weight is 279 g/mol. The van der Waals surface area contributed by atoms with Gasteiger partial charge in [0.1, 0.15) is 5.60 Å². The molecular weight excluding hydrogens is 266 g/mol. The fraction of sp³-hybridized carbons (Fsp3) is 0.385. The topological polar surface area (TPSA) is 72.6 Å². The lowest BCUT2D eigenvalue weighted by Gasteiger charge is -2.20. The maximum absolute atomic E-state index is 11.3. The second-order valence-corrected chi connectivity index (χ2v) is 5.61. The summed E-state index contributed by atoms with van der Waals surface area (Å²) in [4.78, 5) is 16.3. The summed E-state index contributed by atoms with van der Waals surface area (Å²) >= 11 is 1.46. The van der Waals surface area contributed by atoms with Gasteiger partial charge >= 0.3 is 5.97 Å². The minimum absolute atomic E-state index is 0.0483. The standard InChI is InChI=1S/C13H13NO4S/c1-13(5-3-6-17-13)10-9(12(15)16)14-11(18-10)8-4-2-7-19-8/h2,4,7H,3,5-6H2,1H3,(H,15,16). The van der Waals surface area contributed by atoms with Crippen molar-refractivity contribution in [1.82, 2.24) is 4.98 Å². The van der Waals surface area contributed by atoms with E-state index in [-0.39, 0.29) is 5.69 Å². The molecule has 1 unspecified atom stereocenters. The number of aromatic carboxylic acids is 1. The van der Waals surface area contributed by atoms with Crippen LogP contribution in [0.3, 0.4) is 0 Å². The van der Waals surface area contributed by atoms with Crippen molar-refractivity contribution in [2.24, 2.45) is 0 Å². The van der Waals surface area contributed by atoms with E-state index in [9.17, 15) is 9.90 Å². The van der Waals surface area contributed by atoms with Crippen LogP contribution in [0.4, 0.5) is 0 Å². The van der Waals surface area contributed by atoms with E-state index in [1.807, 2.05) is 24.4 Å². The van der Waals surface area contributed by atoms with Crippen molar-refractivity contribution in [3.8, 4) is 10.8 Å². The molecule has 19 heavy (non-hydrogen) atoms. The van der Waals surface area contributed by atoms with Gasteiger partial charge in [-0.3, -0.25) is 0 Å². The van der Waals surface area contributed by atoms with Crippen LogP contribution >= 0.6 is 11.3 Å². The molecule has 0 aromatic carbocycles. The molecule has 0 saturated carbocycles. The van der Waals surface area contributed by atoms with Gasteiger partial charge in [0.2, 0.25) is 5.89 Å². The predicted octanol–water partition coefficient (Wildman–Crippen LogP) is 3.13. The number of carboxylic acid groups (broad SMARTS) is 1. The van der Waals surface area contributed by atoms with E-state index in [0.717, 1.165) is 17.7 Å². The van der Waals surface area contributed by atoms with Crippen molar-refractivity contribution in [2.75, 3.05) is 6.61 Å². The molecule has 6 heteroatoms. The molecule has 3 heterocycles. The summed E-state index contributed by atoms with van der Waals surface area (Å²) in [6, 6.07) is 3.72. The number of oxazole rings is 1. The number of hydrogen-bond donors (Lipinski definition) is 1. The van der Waals surface area contributed by atoms with Gasteiger partial charge in [-0.1, -0.05) is 6.07 Å². The Morgan fingerprint density at radius 3 is 3.00 bits per heavy atom. The third kappa shape index (κ3) is 2.06. The molecule has 2 aromatic heterocycles. The maximum atomic E-state index is 11.3. The predicted molar refractivity (Wildman–Crippen MR) is 69.3 cm³/mol. The van der Waals surface area contributed by atoms with Gasteiger partial charge in [0.25, 0.3) is 0 Å². The summed E-state index contributed by atoms with van der Waals surface area (Å²) in [5.74, 6) is -0.418. The number of thiophene rings is 1. The van der Waals surface area contributed by atoms with Crippen LogP contribution in [0, 0.1) is 0 Å². The van der Waals surface area contributed by atoms with Crippen LogP contribution < -0.4 is 0 Å². The molecule has 1 N–H and O–H groups in total. The van der Waals surface area contributed by atoms with E-state index in [1.54, 1.807) is 0 Å². The van der Waals surface area contributed by atoms with Crippen LogP contribution in [-0.2, 0) is 10.3 Å². The molecule has 1 fully saturated rings. The Kier molecular flexibility index (Phi) is 2.91. The van der Waals surface area contributed by atoms with Gasteiger partial charge in [0.05, 0.1) is 4.88 Å². The van der Waals surface area contributed by atoms with Gasteiger partial charge in [-0.15, -0.1) is 11.3 Å². The SMILES string of the molecule is CC1(c2oc(-c3cccs3)nc2C(=O)O)CCCO1. The third-order valence-corrected chi connectivity index (χ3v) is 4.12. The minimum atomic E-state index is -1.08. The number of hydrogen-bond acceptors (Lipinski definition) is 5. The highest BCUT2D eigenvalue weighted by molar-refractivity contribution is 7.13. The van der Waals surface area contributed by atoms with E-state index in [0.29, 0.717) is 18.3 Å². The summed E-state index contributed by atoms with van der Waals surface area (Å²) in [5.41, 5.74) is -0.733. The summed E-state index contributed by atoms with van der Waals surface area (Å²) in [7, 11) is 0. The zero-order valence-corrected chi connectivity index (χ0v) is 11.2. The molecule has 1 saturated heterocycles. The van der Waals surface area contributed by atoms with Gasteiger partial charge in [0, 0.05) is 6.61 Å². The van der Waals surface area contributed by atoms with Gasteiger partial charge in [-0.05, 0) is 31.2 Å². The Morgan fingerprint density at radius 2 is 2.42 bits per heavy atom. The molecule has 1 aliphatic rings. The second-order valence-electron chi connectivity index (χ2n) is 4.66. The second kappa shape index (κ2) is 4.47. The summed E-state index contributed by atoms with van der Waals surface area (Å²) in [6.07, 6.45) is 1.64. The van der Waals surface area contributed by atoms with Crippen molar-refractivity contribution < 1.29 is 19.1 Å². The van der Waals surface area contributed by atoms with Gasteiger partial charge < -0.3 is 14.3 Å². The molecule has 0 bridgehead atoms. The zero-order chi connectivity index (χ0) is 13.5. The van der Waals surface area contributed by atoms with Gasteiger partial charge in [0.15, 0.2) is 11.5 Å². The van der Waals surface area contributed by atoms with E-state index in [2.05, 4.69) is 4.98 Å². The first kappa shape index (κ1) is 12.4. The number of carboxylic acids is 1. The van der Waals surface area contributed by atoms with Crippen molar-refractivity contribution in [3.63, 3.8) is 0 Å². The molecule has 0 radical (unpaired) electrons. The van der Waals surface area contributed by atoms with Gasteiger partial charge in [-0.2, -0.15) is 0 Å². The Bertz CT molecular complexity index is 596. The number of carbonyl (C=O) groups is 1. The average Bonchev–Trinajstić information content (AvgIpc) is 3.08. The molecule has 0 amide bonds. The van der Waals surface area contributed by atoms with Crippen LogP contribution in [0.5, 0.6) is 0 Å². The van der Waals surface area contributed by atoms with Crippen LogP contribution in [0.1, 0.15) is 36.0 Å². The minimum Gasteiger partial charge on any atom is -0.476 e.